The Morgan fingerprint density at radius 2 is 1.64 bits per heavy atom. The average molecular weight is 352 g/mol. The van der Waals surface area contributed by atoms with Gasteiger partial charge in [0.2, 0.25) is 5.83 Å². The second-order valence-electron chi connectivity index (χ2n) is 8.29. The second kappa shape index (κ2) is 7.75. The zero-order valence-electron chi connectivity index (χ0n) is 14.7. The molecule has 6 heteroatoms. The number of carboxylic acids is 1. The number of hydrogen-bond acceptors (Lipinski definition) is 2. The molecular formula is C19H29FN2O3. The van der Waals surface area contributed by atoms with E-state index < -0.39 is 11.8 Å². The lowest BCUT2D eigenvalue weighted by molar-refractivity contribution is -0.134. The first kappa shape index (κ1) is 18.2. The molecule has 0 unspecified atom stereocenters. The minimum Gasteiger partial charge on any atom is -0.476 e. The third-order valence-corrected chi connectivity index (χ3v) is 6.11. The number of halogens is 1. The molecule has 4 saturated carbocycles. The SMILES string of the molecule is O=C(NCCCCC/C=C(/F)C(=O)O)NC12CC3CC(CC(C3)C1)C2. The predicted octanol–water partition coefficient (Wildman–Crippen LogP) is 3.75. The normalized spacial score (nSPS) is 33.3. The molecule has 140 valence electrons. The van der Waals surface area contributed by atoms with Crippen LogP contribution in [0.5, 0.6) is 0 Å². The number of nitrogens with one attached hydrogen (secondary N) is 2. The molecule has 0 heterocycles. The van der Waals surface area contributed by atoms with Crippen molar-refractivity contribution in [1.82, 2.24) is 10.6 Å². The van der Waals surface area contributed by atoms with Gasteiger partial charge >= 0.3 is 12.0 Å². The van der Waals surface area contributed by atoms with Crippen LogP contribution in [0.1, 0.15) is 64.2 Å². The zero-order valence-corrected chi connectivity index (χ0v) is 14.7. The van der Waals surface area contributed by atoms with Gasteiger partial charge in [-0.15, -0.1) is 0 Å². The molecule has 4 aliphatic carbocycles. The molecular weight excluding hydrogens is 323 g/mol. The van der Waals surface area contributed by atoms with E-state index in [4.69, 9.17) is 5.11 Å². The van der Waals surface area contributed by atoms with Crippen molar-refractivity contribution in [2.75, 3.05) is 6.54 Å². The number of carbonyl (C=O) groups excluding carboxylic acids is 1. The number of urea groups is 1. The Kier molecular flexibility index (Phi) is 5.64. The van der Waals surface area contributed by atoms with Gasteiger partial charge in [0.25, 0.3) is 0 Å². The molecule has 0 spiro atoms. The molecule has 0 aromatic rings. The molecule has 4 aliphatic rings. The first-order chi connectivity index (χ1) is 12.0. The third kappa shape index (κ3) is 4.73. The Bertz CT molecular complexity index is 512. The number of aliphatic carboxylic acids is 1. The van der Waals surface area contributed by atoms with Gasteiger partial charge in [0, 0.05) is 12.1 Å². The summed E-state index contributed by atoms with van der Waals surface area (Å²) in [6.45, 7) is 0.601. The van der Waals surface area contributed by atoms with E-state index >= 15 is 0 Å². The van der Waals surface area contributed by atoms with Crippen molar-refractivity contribution in [3.8, 4) is 0 Å². The van der Waals surface area contributed by atoms with E-state index in [1.54, 1.807) is 0 Å². The summed E-state index contributed by atoms with van der Waals surface area (Å²) < 4.78 is 12.8. The van der Waals surface area contributed by atoms with Gasteiger partial charge < -0.3 is 15.7 Å². The van der Waals surface area contributed by atoms with E-state index in [2.05, 4.69) is 10.6 Å². The lowest BCUT2D eigenvalue weighted by Crippen LogP contribution is -2.61. The van der Waals surface area contributed by atoms with Gasteiger partial charge in [0.1, 0.15) is 0 Å². The average Bonchev–Trinajstić information content (AvgIpc) is 2.51. The van der Waals surface area contributed by atoms with Crippen LogP contribution in [0.25, 0.3) is 0 Å². The summed E-state index contributed by atoms with van der Waals surface area (Å²) in [6, 6.07) is -0.0567. The molecule has 4 bridgehead atoms. The fraction of sp³-hybridized carbons (Fsp3) is 0.789. The van der Waals surface area contributed by atoms with Gasteiger partial charge in [-0.3, -0.25) is 0 Å². The highest BCUT2D eigenvalue weighted by Crippen LogP contribution is 2.55. The van der Waals surface area contributed by atoms with Crippen LogP contribution in [0, 0.1) is 17.8 Å². The van der Waals surface area contributed by atoms with Gasteiger partial charge in [-0.05, 0) is 81.6 Å². The summed E-state index contributed by atoms with van der Waals surface area (Å²) in [5.41, 5.74) is 0.0397. The van der Waals surface area contributed by atoms with E-state index in [1.165, 1.54) is 19.3 Å². The summed E-state index contributed by atoms with van der Waals surface area (Å²) in [5, 5.41) is 14.6. The number of amides is 2. The van der Waals surface area contributed by atoms with E-state index in [-0.39, 0.29) is 11.6 Å². The highest BCUT2D eigenvalue weighted by Gasteiger charge is 2.51. The van der Waals surface area contributed by atoms with Gasteiger partial charge in [-0.2, -0.15) is 4.39 Å². The van der Waals surface area contributed by atoms with Crippen molar-refractivity contribution in [2.24, 2.45) is 17.8 Å². The molecule has 0 saturated heterocycles. The largest absolute Gasteiger partial charge is 0.476 e. The van der Waals surface area contributed by atoms with Gasteiger partial charge in [0.15, 0.2) is 0 Å². The molecule has 4 rings (SSSR count). The topological polar surface area (TPSA) is 78.4 Å². The van der Waals surface area contributed by atoms with Gasteiger partial charge in [-0.1, -0.05) is 6.42 Å². The number of rotatable bonds is 8. The number of carbonyl (C=O) groups is 2. The van der Waals surface area contributed by atoms with Crippen molar-refractivity contribution in [2.45, 2.75) is 69.7 Å². The van der Waals surface area contributed by atoms with E-state index in [0.717, 1.165) is 62.4 Å². The smallest absolute Gasteiger partial charge is 0.364 e. The van der Waals surface area contributed by atoms with E-state index in [9.17, 15) is 14.0 Å². The van der Waals surface area contributed by atoms with Crippen LogP contribution < -0.4 is 10.6 Å². The van der Waals surface area contributed by atoms with Crippen LogP contribution in [0.4, 0.5) is 9.18 Å². The summed E-state index contributed by atoms with van der Waals surface area (Å²) >= 11 is 0. The maximum atomic E-state index is 12.8. The van der Waals surface area contributed by atoms with Crippen LogP contribution in [0.15, 0.2) is 11.9 Å². The summed E-state index contributed by atoms with van der Waals surface area (Å²) in [4.78, 5) is 22.5. The number of allylic oxidation sites excluding steroid dienone is 1. The molecule has 5 nitrogen and oxygen atoms in total. The van der Waals surface area contributed by atoms with Gasteiger partial charge in [-0.25, -0.2) is 9.59 Å². The fourth-order valence-electron chi connectivity index (χ4n) is 5.51. The standard InChI is InChI=1S/C19H29FN2O3/c20-16(17(23)24)5-3-1-2-4-6-21-18(25)22-19-10-13-7-14(11-19)9-15(8-13)12-19/h5,13-15H,1-4,6-12H2,(H,23,24)(H2,21,22,25)/b16-5+. The Labute approximate surface area is 148 Å². The molecule has 0 radical (unpaired) electrons. The van der Waals surface area contributed by atoms with Crippen molar-refractivity contribution in [3.05, 3.63) is 11.9 Å². The fourth-order valence-corrected chi connectivity index (χ4v) is 5.51. The summed E-state index contributed by atoms with van der Waals surface area (Å²) in [7, 11) is 0. The van der Waals surface area contributed by atoms with Crippen LogP contribution >= 0.6 is 0 Å². The Morgan fingerprint density at radius 1 is 1.04 bits per heavy atom. The number of unbranched alkanes of at least 4 members (excludes halogenated alkanes) is 3. The molecule has 2 amide bonds. The van der Waals surface area contributed by atoms with Gasteiger partial charge in [0.05, 0.1) is 0 Å². The number of carboxylic acid groups (broad SMARTS) is 1. The summed E-state index contributed by atoms with van der Waals surface area (Å²) in [6.07, 6.45) is 11.4. The molecule has 3 N–H and O–H groups in total. The highest BCUT2D eigenvalue weighted by atomic mass is 19.1. The first-order valence-corrected chi connectivity index (χ1v) is 9.61. The van der Waals surface area contributed by atoms with Crippen LogP contribution in [-0.4, -0.2) is 29.2 Å². The first-order valence-electron chi connectivity index (χ1n) is 9.61. The van der Waals surface area contributed by atoms with Crippen molar-refractivity contribution in [3.63, 3.8) is 0 Å². The second-order valence-corrected chi connectivity index (χ2v) is 8.29. The maximum Gasteiger partial charge on any atom is 0.364 e. The van der Waals surface area contributed by atoms with Crippen LogP contribution in [-0.2, 0) is 4.79 Å². The molecule has 0 aromatic carbocycles. The molecule has 0 atom stereocenters. The Morgan fingerprint density at radius 3 is 2.20 bits per heavy atom. The minimum absolute atomic E-state index is 0.0397. The number of hydrogen-bond donors (Lipinski definition) is 3. The lowest BCUT2D eigenvalue weighted by atomic mass is 9.53. The Balaban J connectivity index is 1.30. The Hall–Kier alpha value is -1.59. The summed E-state index contributed by atoms with van der Waals surface area (Å²) in [5.74, 6) is -0.168. The quantitative estimate of drug-likeness (QED) is 0.460. The van der Waals surface area contributed by atoms with E-state index in [0.29, 0.717) is 13.0 Å². The molecule has 4 fully saturated rings. The maximum absolute atomic E-state index is 12.8. The molecule has 25 heavy (non-hydrogen) atoms. The molecule has 0 aliphatic heterocycles. The lowest BCUT2D eigenvalue weighted by Gasteiger charge is -2.56. The highest BCUT2D eigenvalue weighted by molar-refractivity contribution is 5.83. The van der Waals surface area contributed by atoms with Crippen LogP contribution in [0.3, 0.4) is 0 Å². The van der Waals surface area contributed by atoms with Crippen LogP contribution in [0.2, 0.25) is 0 Å². The van der Waals surface area contributed by atoms with Crippen molar-refractivity contribution in [1.29, 1.82) is 0 Å². The monoisotopic (exact) mass is 352 g/mol. The van der Waals surface area contributed by atoms with Crippen molar-refractivity contribution >= 4 is 12.0 Å². The molecule has 0 aromatic heterocycles. The predicted molar refractivity (Wildman–Crippen MR) is 92.7 cm³/mol. The third-order valence-electron chi connectivity index (χ3n) is 6.11. The van der Waals surface area contributed by atoms with Crippen molar-refractivity contribution < 1.29 is 19.1 Å². The zero-order chi connectivity index (χ0) is 17.9. The minimum atomic E-state index is -1.51. The van der Waals surface area contributed by atoms with E-state index in [1.807, 2.05) is 0 Å².